The third-order valence-electron chi connectivity index (χ3n) is 3.47. The summed E-state index contributed by atoms with van der Waals surface area (Å²) in [6, 6.07) is 4.15. The Hall–Kier alpha value is -0.830. The Morgan fingerprint density at radius 1 is 1.47 bits per heavy atom. The number of nitrogens with one attached hydrogen (secondary N) is 1. The fraction of sp³-hybridized carbons (Fsp3) is 0.643. The average molecular weight is 251 g/mol. The van der Waals surface area contributed by atoms with Gasteiger partial charge in [-0.2, -0.15) is 0 Å². The van der Waals surface area contributed by atoms with Crippen LogP contribution < -0.4 is 5.32 Å². The second-order valence-corrected chi connectivity index (χ2v) is 7.01. The second kappa shape index (κ2) is 4.81. The molecule has 0 aromatic carbocycles. The summed E-state index contributed by atoms with van der Waals surface area (Å²) in [4.78, 5) is 12.8. The summed E-state index contributed by atoms with van der Waals surface area (Å²) < 4.78 is 0. The monoisotopic (exact) mass is 251 g/mol. The first-order valence-electron chi connectivity index (χ1n) is 6.31. The van der Waals surface area contributed by atoms with Crippen molar-refractivity contribution in [3.63, 3.8) is 0 Å². The molecule has 1 aliphatic rings. The Morgan fingerprint density at radius 3 is 2.82 bits per heavy atom. The van der Waals surface area contributed by atoms with Crippen LogP contribution in [0.1, 0.15) is 49.7 Å². The first-order valence-corrected chi connectivity index (χ1v) is 7.19. The molecule has 1 aromatic rings. The predicted octanol–water partition coefficient (Wildman–Crippen LogP) is 3.69. The molecule has 17 heavy (non-hydrogen) atoms. The highest BCUT2D eigenvalue weighted by Crippen LogP contribution is 2.38. The molecule has 1 aliphatic carbocycles. The number of hydrogen-bond donors (Lipinski definition) is 1. The summed E-state index contributed by atoms with van der Waals surface area (Å²) in [5.74, 6) is 0.794. The molecule has 2 rings (SSSR count). The van der Waals surface area contributed by atoms with Gasteiger partial charge < -0.3 is 5.32 Å². The van der Waals surface area contributed by atoms with E-state index in [0.717, 1.165) is 17.7 Å². The van der Waals surface area contributed by atoms with Crippen molar-refractivity contribution in [1.82, 2.24) is 5.32 Å². The molecule has 0 aliphatic heterocycles. The molecule has 1 saturated carbocycles. The zero-order chi connectivity index (χ0) is 12.5. The molecule has 0 radical (unpaired) electrons. The van der Waals surface area contributed by atoms with Gasteiger partial charge in [0.25, 0.3) is 5.91 Å². The van der Waals surface area contributed by atoms with Crippen LogP contribution in [-0.2, 0) is 0 Å². The van der Waals surface area contributed by atoms with Crippen LogP contribution in [0.3, 0.4) is 0 Å². The van der Waals surface area contributed by atoms with Crippen LogP contribution in [-0.4, -0.2) is 11.9 Å². The average Bonchev–Trinajstić information content (AvgIpc) is 2.65. The number of carbonyl (C=O) groups excluding carboxylic acids is 1. The highest BCUT2D eigenvalue weighted by Gasteiger charge is 2.32. The van der Waals surface area contributed by atoms with Crippen molar-refractivity contribution in [1.29, 1.82) is 0 Å². The topological polar surface area (TPSA) is 29.1 Å². The maximum absolute atomic E-state index is 12.0. The molecule has 0 spiro atoms. The van der Waals surface area contributed by atoms with E-state index in [1.165, 1.54) is 17.8 Å². The van der Waals surface area contributed by atoms with E-state index in [0.29, 0.717) is 17.4 Å². The van der Waals surface area contributed by atoms with Crippen molar-refractivity contribution >= 4 is 17.2 Å². The van der Waals surface area contributed by atoms with E-state index < -0.39 is 0 Å². The lowest BCUT2D eigenvalue weighted by atomic mass is 9.70. The lowest BCUT2D eigenvalue weighted by Crippen LogP contribution is -2.42. The smallest absolute Gasteiger partial charge is 0.261 e. The van der Waals surface area contributed by atoms with Crippen molar-refractivity contribution in [3.8, 4) is 0 Å². The SMILES string of the molecule is C[C@H]1C[C@H](NC(=O)c2cccs2)CC(C)(C)C1. The lowest BCUT2D eigenvalue weighted by Gasteiger charge is -2.39. The summed E-state index contributed by atoms with van der Waals surface area (Å²) in [6.45, 7) is 6.88. The van der Waals surface area contributed by atoms with Crippen molar-refractivity contribution in [2.45, 2.75) is 46.1 Å². The Labute approximate surface area is 107 Å². The number of thiophene rings is 1. The van der Waals surface area contributed by atoms with E-state index in [-0.39, 0.29) is 5.91 Å². The number of amides is 1. The van der Waals surface area contributed by atoms with Crippen LogP contribution in [0, 0.1) is 11.3 Å². The van der Waals surface area contributed by atoms with Gasteiger partial charge in [-0.05, 0) is 42.0 Å². The number of hydrogen-bond acceptors (Lipinski definition) is 2. The normalized spacial score (nSPS) is 27.7. The minimum Gasteiger partial charge on any atom is -0.349 e. The number of rotatable bonds is 2. The molecule has 2 atom stereocenters. The minimum absolute atomic E-state index is 0.0925. The summed E-state index contributed by atoms with van der Waals surface area (Å²) in [7, 11) is 0. The Balaban J connectivity index is 1.97. The van der Waals surface area contributed by atoms with Crippen LogP contribution in [0.4, 0.5) is 0 Å². The quantitative estimate of drug-likeness (QED) is 0.853. The Morgan fingerprint density at radius 2 is 2.24 bits per heavy atom. The summed E-state index contributed by atoms with van der Waals surface area (Å²) in [6.07, 6.45) is 3.47. The van der Waals surface area contributed by atoms with Crippen LogP contribution in [0.5, 0.6) is 0 Å². The van der Waals surface area contributed by atoms with Gasteiger partial charge in [-0.25, -0.2) is 0 Å². The van der Waals surface area contributed by atoms with Crippen LogP contribution in [0.15, 0.2) is 17.5 Å². The summed E-state index contributed by atoms with van der Waals surface area (Å²) >= 11 is 1.51. The molecule has 1 fully saturated rings. The zero-order valence-corrected chi connectivity index (χ0v) is 11.6. The third-order valence-corrected chi connectivity index (χ3v) is 4.34. The van der Waals surface area contributed by atoms with Crippen LogP contribution in [0.2, 0.25) is 0 Å². The summed E-state index contributed by atoms with van der Waals surface area (Å²) in [5, 5.41) is 5.13. The van der Waals surface area contributed by atoms with Gasteiger partial charge in [0.05, 0.1) is 4.88 Å². The maximum Gasteiger partial charge on any atom is 0.261 e. The summed E-state index contributed by atoms with van der Waals surface area (Å²) in [5.41, 5.74) is 0.352. The predicted molar refractivity (Wildman–Crippen MR) is 72.4 cm³/mol. The molecular weight excluding hydrogens is 230 g/mol. The molecule has 0 bridgehead atoms. The fourth-order valence-corrected chi connectivity index (χ4v) is 3.75. The van der Waals surface area contributed by atoms with E-state index in [1.54, 1.807) is 0 Å². The van der Waals surface area contributed by atoms with Gasteiger partial charge in [0.15, 0.2) is 0 Å². The van der Waals surface area contributed by atoms with Gasteiger partial charge in [0.2, 0.25) is 0 Å². The second-order valence-electron chi connectivity index (χ2n) is 6.06. The molecule has 1 N–H and O–H groups in total. The van der Waals surface area contributed by atoms with Gasteiger partial charge in [-0.1, -0.05) is 26.8 Å². The van der Waals surface area contributed by atoms with E-state index in [2.05, 4.69) is 26.1 Å². The van der Waals surface area contributed by atoms with E-state index in [4.69, 9.17) is 0 Å². The van der Waals surface area contributed by atoms with E-state index >= 15 is 0 Å². The molecule has 2 nitrogen and oxygen atoms in total. The molecule has 0 unspecified atom stereocenters. The molecule has 94 valence electrons. The first-order chi connectivity index (χ1) is 7.96. The van der Waals surface area contributed by atoms with Gasteiger partial charge in [0.1, 0.15) is 0 Å². The van der Waals surface area contributed by atoms with Crippen molar-refractivity contribution in [3.05, 3.63) is 22.4 Å². The molecule has 0 saturated heterocycles. The van der Waals surface area contributed by atoms with E-state index in [1.807, 2.05) is 17.5 Å². The highest BCUT2D eigenvalue weighted by molar-refractivity contribution is 7.12. The van der Waals surface area contributed by atoms with Gasteiger partial charge in [-0.15, -0.1) is 11.3 Å². The van der Waals surface area contributed by atoms with Crippen LogP contribution >= 0.6 is 11.3 Å². The maximum atomic E-state index is 12.0. The van der Waals surface area contributed by atoms with Gasteiger partial charge in [-0.3, -0.25) is 4.79 Å². The van der Waals surface area contributed by atoms with Crippen molar-refractivity contribution in [2.24, 2.45) is 11.3 Å². The zero-order valence-electron chi connectivity index (χ0n) is 10.8. The molecule has 1 heterocycles. The minimum atomic E-state index is 0.0925. The highest BCUT2D eigenvalue weighted by atomic mass is 32.1. The van der Waals surface area contributed by atoms with E-state index in [9.17, 15) is 4.79 Å². The fourth-order valence-electron chi connectivity index (χ4n) is 3.12. The Kier molecular flexibility index (Phi) is 3.57. The number of carbonyl (C=O) groups is 1. The molecule has 1 aromatic heterocycles. The first kappa shape index (κ1) is 12.6. The molecule has 3 heteroatoms. The van der Waals surface area contributed by atoms with Crippen LogP contribution in [0.25, 0.3) is 0 Å². The Bertz CT molecular complexity index is 383. The third kappa shape index (κ3) is 3.32. The van der Waals surface area contributed by atoms with Gasteiger partial charge in [0, 0.05) is 6.04 Å². The largest absolute Gasteiger partial charge is 0.349 e. The van der Waals surface area contributed by atoms with Gasteiger partial charge >= 0.3 is 0 Å². The lowest BCUT2D eigenvalue weighted by molar-refractivity contribution is 0.0878. The van der Waals surface area contributed by atoms with Crippen molar-refractivity contribution in [2.75, 3.05) is 0 Å². The molecular formula is C14H21NOS. The van der Waals surface area contributed by atoms with Crippen molar-refractivity contribution < 1.29 is 4.79 Å². The molecule has 1 amide bonds. The standard InChI is InChI=1S/C14H21NOS/c1-10-7-11(9-14(2,3)8-10)15-13(16)12-5-4-6-17-12/h4-6,10-11H,7-9H2,1-3H3,(H,15,16)/t10-,11-/m0/s1.